The smallest absolute Gasteiger partial charge is 0.123 e. The fraction of sp³-hybridized carbons (Fsp3) is 0.571. The zero-order valence-electron chi connectivity index (χ0n) is 10.4. The summed E-state index contributed by atoms with van der Waals surface area (Å²) in [4.78, 5) is 0. The Kier molecular flexibility index (Phi) is 5.91. The molecule has 0 bridgehead atoms. The van der Waals surface area contributed by atoms with Crippen molar-refractivity contribution in [1.29, 1.82) is 0 Å². The molecular formula is C14H22FN. The van der Waals surface area contributed by atoms with Gasteiger partial charge >= 0.3 is 0 Å². The summed E-state index contributed by atoms with van der Waals surface area (Å²) in [5.74, 6) is -0.161. The largest absolute Gasteiger partial charge is 0.385 e. The first-order chi connectivity index (χ1) is 7.74. The van der Waals surface area contributed by atoms with Crippen molar-refractivity contribution < 1.29 is 4.39 Å². The third-order valence-electron chi connectivity index (χ3n) is 2.78. The summed E-state index contributed by atoms with van der Waals surface area (Å²) in [6.45, 7) is 5.14. The Labute approximate surface area is 98.1 Å². The van der Waals surface area contributed by atoms with Crippen molar-refractivity contribution in [1.82, 2.24) is 0 Å². The summed E-state index contributed by atoms with van der Waals surface area (Å²) in [6.07, 6.45) is 6.40. The fourth-order valence-corrected chi connectivity index (χ4v) is 1.78. The molecule has 0 radical (unpaired) electrons. The second-order valence-corrected chi connectivity index (χ2v) is 4.30. The van der Waals surface area contributed by atoms with Crippen LogP contribution >= 0.6 is 0 Å². The lowest BCUT2D eigenvalue weighted by atomic mass is 10.1. The molecule has 1 N–H and O–H groups in total. The molecule has 1 nitrogen and oxygen atoms in total. The summed E-state index contributed by atoms with van der Waals surface area (Å²) in [5.41, 5.74) is 2.03. The van der Waals surface area contributed by atoms with E-state index in [4.69, 9.17) is 0 Å². The molecular weight excluding hydrogens is 201 g/mol. The van der Waals surface area contributed by atoms with E-state index in [1.165, 1.54) is 38.2 Å². The number of aryl methyl sites for hydroxylation is 1. The van der Waals surface area contributed by atoms with Crippen LogP contribution in [0.3, 0.4) is 0 Å². The summed E-state index contributed by atoms with van der Waals surface area (Å²) >= 11 is 0. The lowest BCUT2D eigenvalue weighted by molar-refractivity contribution is 0.626. The van der Waals surface area contributed by atoms with Crippen LogP contribution in [0.2, 0.25) is 0 Å². The number of halogens is 1. The van der Waals surface area contributed by atoms with Crippen molar-refractivity contribution in [2.75, 3.05) is 11.9 Å². The lowest BCUT2D eigenvalue weighted by Crippen LogP contribution is -2.03. The maximum atomic E-state index is 12.8. The molecule has 0 aliphatic heterocycles. The quantitative estimate of drug-likeness (QED) is 0.670. The molecule has 0 aliphatic carbocycles. The van der Waals surface area contributed by atoms with Gasteiger partial charge in [0.1, 0.15) is 5.82 Å². The Hall–Kier alpha value is -1.05. The first-order valence-electron chi connectivity index (χ1n) is 6.24. The van der Waals surface area contributed by atoms with Crippen LogP contribution in [0.25, 0.3) is 0 Å². The van der Waals surface area contributed by atoms with Crippen LogP contribution in [0.4, 0.5) is 10.1 Å². The first kappa shape index (κ1) is 13.0. The monoisotopic (exact) mass is 223 g/mol. The number of rotatable bonds is 7. The van der Waals surface area contributed by atoms with Crippen LogP contribution < -0.4 is 5.32 Å². The predicted molar refractivity (Wildman–Crippen MR) is 68.4 cm³/mol. The second-order valence-electron chi connectivity index (χ2n) is 4.30. The molecule has 0 amide bonds. The zero-order valence-corrected chi connectivity index (χ0v) is 10.4. The maximum Gasteiger partial charge on any atom is 0.123 e. The highest BCUT2D eigenvalue weighted by atomic mass is 19.1. The van der Waals surface area contributed by atoms with E-state index in [1.54, 1.807) is 6.07 Å². The van der Waals surface area contributed by atoms with Crippen LogP contribution in [0, 0.1) is 12.7 Å². The Morgan fingerprint density at radius 3 is 2.56 bits per heavy atom. The summed E-state index contributed by atoms with van der Waals surface area (Å²) < 4.78 is 12.8. The van der Waals surface area contributed by atoms with E-state index in [0.717, 1.165) is 17.8 Å². The average Bonchev–Trinajstić information content (AvgIpc) is 2.26. The van der Waals surface area contributed by atoms with E-state index in [0.29, 0.717) is 0 Å². The lowest BCUT2D eigenvalue weighted by Gasteiger charge is -2.09. The molecule has 1 rings (SSSR count). The molecule has 2 heteroatoms. The highest BCUT2D eigenvalue weighted by Gasteiger charge is 1.98. The number of benzene rings is 1. The summed E-state index contributed by atoms with van der Waals surface area (Å²) in [6, 6.07) is 4.89. The SMILES string of the molecule is CCCCCCCNc1ccc(F)cc1C. The molecule has 90 valence electrons. The Morgan fingerprint density at radius 2 is 1.88 bits per heavy atom. The molecule has 0 saturated carbocycles. The second kappa shape index (κ2) is 7.26. The van der Waals surface area contributed by atoms with Crippen LogP contribution in [0.15, 0.2) is 18.2 Å². The molecule has 0 aromatic heterocycles. The van der Waals surface area contributed by atoms with Gasteiger partial charge in [-0.3, -0.25) is 0 Å². The minimum absolute atomic E-state index is 0.161. The molecule has 0 atom stereocenters. The van der Waals surface area contributed by atoms with Gasteiger partial charge in [0.15, 0.2) is 0 Å². The Bertz CT molecular complexity index is 310. The first-order valence-corrected chi connectivity index (χ1v) is 6.24. The molecule has 0 unspecified atom stereocenters. The van der Waals surface area contributed by atoms with Crippen molar-refractivity contribution in [3.63, 3.8) is 0 Å². The number of nitrogens with one attached hydrogen (secondary N) is 1. The molecule has 1 aromatic rings. The third kappa shape index (κ3) is 4.65. The van der Waals surface area contributed by atoms with Crippen LogP contribution in [0.5, 0.6) is 0 Å². The van der Waals surface area contributed by atoms with Gasteiger partial charge in [0.2, 0.25) is 0 Å². The van der Waals surface area contributed by atoms with Gasteiger partial charge in [0, 0.05) is 12.2 Å². The third-order valence-corrected chi connectivity index (χ3v) is 2.78. The normalized spacial score (nSPS) is 10.4. The van der Waals surface area contributed by atoms with Gasteiger partial charge in [-0.15, -0.1) is 0 Å². The number of unbranched alkanes of at least 4 members (excludes halogenated alkanes) is 4. The summed E-state index contributed by atoms with van der Waals surface area (Å²) in [5, 5.41) is 3.35. The minimum Gasteiger partial charge on any atom is -0.385 e. The zero-order chi connectivity index (χ0) is 11.8. The van der Waals surface area contributed by atoms with Crippen LogP contribution in [-0.4, -0.2) is 6.54 Å². The Balaban J connectivity index is 2.21. The molecule has 16 heavy (non-hydrogen) atoms. The molecule has 0 spiro atoms. The maximum absolute atomic E-state index is 12.8. The molecule has 0 aliphatic rings. The van der Waals surface area contributed by atoms with E-state index >= 15 is 0 Å². The number of hydrogen-bond donors (Lipinski definition) is 1. The van der Waals surface area contributed by atoms with Crippen molar-refractivity contribution in [2.24, 2.45) is 0 Å². The van der Waals surface area contributed by atoms with Crippen molar-refractivity contribution in [3.8, 4) is 0 Å². The van der Waals surface area contributed by atoms with Gasteiger partial charge < -0.3 is 5.32 Å². The van der Waals surface area contributed by atoms with Gasteiger partial charge in [-0.2, -0.15) is 0 Å². The van der Waals surface area contributed by atoms with Gasteiger partial charge in [-0.25, -0.2) is 4.39 Å². The molecule has 0 heterocycles. The van der Waals surface area contributed by atoms with Crippen molar-refractivity contribution in [3.05, 3.63) is 29.6 Å². The van der Waals surface area contributed by atoms with E-state index in [9.17, 15) is 4.39 Å². The van der Waals surface area contributed by atoms with E-state index in [-0.39, 0.29) is 5.82 Å². The van der Waals surface area contributed by atoms with Crippen LogP contribution in [-0.2, 0) is 0 Å². The van der Waals surface area contributed by atoms with E-state index < -0.39 is 0 Å². The predicted octanol–water partition coefficient (Wildman–Crippen LogP) is 4.52. The molecule has 0 fully saturated rings. The van der Waals surface area contributed by atoms with Crippen molar-refractivity contribution in [2.45, 2.75) is 46.0 Å². The topological polar surface area (TPSA) is 12.0 Å². The van der Waals surface area contributed by atoms with Gasteiger partial charge in [-0.1, -0.05) is 32.6 Å². The van der Waals surface area contributed by atoms with Gasteiger partial charge in [0.05, 0.1) is 0 Å². The highest BCUT2D eigenvalue weighted by Crippen LogP contribution is 2.15. The molecule has 1 aromatic carbocycles. The van der Waals surface area contributed by atoms with Gasteiger partial charge in [0.25, 0.3) is 0 Å². The fourth-order valence-electron chi connectivity index (χ4n) is 1.78. The standard InChI is InChI=1S/C14H22FN/c1-3-4-5-6-7-10-16-14-9-8-13(15)11-12(14)2/h8-9,11,16H,3-7,10H2,1-2H3. The van der Waals surface area contributed by atoms with Crippen LogP contribution in [0.1, 0.15) is 44.6 Å². The van der Waals surface area contributed by atoms with Crippen molar-refractivity contribution >= 4 is 5.69 Å². The van der Waals surface area contributed by atoms with Gasteiger partial charge in [-0.05, 0) is 37.1 Å². The number of hydrogen-bond acceptors (Lipinski definition) is 1. The highest BCUT2D eigenvalue weighted by molar-refractivity contribution is 5.50. The number of anilines is 1. The average molecular weight is 223 g/mol. The summed E-state index contributed by atoms with van der Waals surface area (Å²) in [7, 11) is 0. The minimum atomic E-state index is -0.161. The Morgan fingerprint density at radius 1 is 1.12 bits per heavy atom. The van der Waals surface area contributed by atoms with E-state index in [2.05, 4.69) is 12.2 Å². The van der Waals surface area contributed by atoms with E-state index in [1.807, 2.05) is 13.0 Å². The molecule has 0 saturated heterocycles.